The van der Waals surface area contributed by atoms with Crippen molar-refractivity contribution >= 4 is 5.91 Å². The summed E-state index contributed by atoms with van der Waals surface area (Å²) in [5.41, 5.74) is 6.19. The molecule has 0 bridgehead atoms. The minimum atomic E-state index is -0.0275. The Morgan fingerprint density at radius 1 is 1.31 bits per heavy atom. The third-order valence-electron chi connectivity index (χ3n) is 2.60. The Balaban J connectivity index is 4.23. The molecule has 0 aromatic carbocycles. The smallest absolute Gasteiger partial charge is 0.224 e. The first-order valence-corrected chi connectivity index (χ1v) is 6.22. The zero-order chi connectivity index (χ0) is 12.9. The third-order valence-corrected chi connectivity index (χ3v) is 2.60. The van der Waals surface area contributed by atoms with Gasteiger partial charge in [-0.3, -0.25) is 4.79 Å². The molecule has 16 heavy (non-hydrogen) atoms. The van der Waals surface area contributed by atoms with E-state index in [1.807, 2.05) is 25.7 Å². The summed E-state index contributed by atoms with van der Waals surface area (Å²) in [5.74, 6) is 0.175. The van der Waals surface area contributed by atoms with Crippen molar-refractivity contribution in [1.82, 2.24) is 4.90 Å². The first kappa shape index (κ1) is 15.4. The predicted molar refractivity (Wildman–Crippen MR) is 69.2 cm³/mol. The van der Waals surface area contributed by atoms with E-state index in [9.17, 15) is 4.79 Å². The zero-order valence-corrected chi connectivity index (χ0v) is 11.7. The van der Waals surface area contributed by atoms with Crippen LogP contribution in [0.2, 0.25) is 0 Å². The van der Waals surface area contributed by atoms with Crippen LogP contribution in [0, 0.1) is 5.41 Å². The molecule has 2 N–H and O–H groups in total. The molecule has 1 amide bonds. The van der Waals surface area contributed by atoms with Gasteiger partial charge in [0.2, 0.25) is 5.91 Å². The van der Waals surface area contributed by atoms with E-state index in [1.54, 1.807) is 0 Å². The summed E-state index contributed by atoms with van der Waals surface area (Å²) >= 11 is 0. The van der Waals surface area contributed by atoms with Crippen molar-refractivity contribution in [2.75, 3.05) is 6.54 Å². The second-order valence-corrected chi connectivity index (χ2v) is 6.00. The van der Waals surface area contributed by atoms with Crippen LogP contribution < -0.4 is 5.73 Å². The van der Waals surface area contributed by atoms with Crippen molar-refractivity contribution in [2.45, 2.75) is 66.5 Å². The molecule has 0 aromatic rings. The minimum Gasteiger partial charge on any atom is -0.341 e. The van der Waals surface area contributed by atoms with Gasteiger partial charge in [-0.25, -0.2) is 0 Å². The van der Waals surface area contributed by atoms with E-state index in [0.29, 0.717) is 6.42 Å². The maximum atomic E-state index is 12.0. The first-order chi connectivity index (χ1) is 7.17. The van der Waals surface area contributed by atoms with Crippen molar-refractivity contribution in [3.8, 4) is 0 Å². The van der Waals surface area contributed by atoms with E-state index in [-0.39, 0.29) is 23.4 Å². The Hall–Kier alpha value is -0.570. The number of hydrogen-bond donors (Lipinski definition) is 1. The second-order valence-electron chi connectivity index (χ2n) is 6.00. The highest BCUT2D eigenvalue weighted by Gasteiger charge is 2.21. The van der Waals surface area contributed by atoms with Gasteiger partial charge in [0.1, 0.15) is 0 Å². The van der Waals surface area contributed by atoms with Gasteiger partial charge in [-0.05, 0) is 32.6 Å². The minimum absolute atomic E-state index is 0.0275. The van der Waals surface area contributed by atoms with Gasteiger partial charge in [0.15, 0.2) is 0 Å². The molecule has 0 radical (unpaired) electrons. The lowest BCUT2D eigenvalue weighted by Crippen LogP contribution is -2.40. The van der Waals surface area contributed by atoms with Crippen molar-refractivity contribution in [3.05, 3.63) is 0 Å². The molecule has 3 nitrogen and oxygen atoms in total. The van der Waals surface area contributed by atoms with Crippen LogP contribution in [0.15, 0.2) is 0 Å². The third kappa shape index (κ3) is 6.11. The van der Waals surface area contributed by atoms with E-state index in [1.165, 1.54) is 0 Å². The summed E-state index contributed by atoms with van der Waals surface area (Å²) in [6.07, 6.45) is 1.34. The highest BCUT2D eigenvalue weighted by atomic mass is 16.2. The van der Waals surface area contributed by atoms with E-state index in [4.69, 9.17) is 5.73 Å². The molecule has 0 saturated heterocycles. The molecule has 0 aromatic heterocycles. The molecule has 0 aliphatic heterocycles. The molecule has 96 valence electrons. The van der Waals surface area contributed by atoms with Crippen LogP contribution in [0.1, 0.15) is 54.4 Å². The Kier molecular flexibility index (Phi) is 6.01. The molecular formula is C13H28N2O. The average Bonchev–Trinajstić information content (AvgIpc) is 1.99. The second kappa shape index (κ2) is 6.24. The van der Waals surface area contributed by atoms with E-state index in [0.717, 1.165) is 13.0 Å². The molecule has 1 unspecified atom stereocenters. The Bertz CT molecular complexity index is 218. The molecular weight excluding hydrogens is 200 g/mol. The normalized spacial score (nSPS) is 14.0. The Morgan fingerprint density at radius 3 is 2.12 bits per heavy atom. The number of amides is 1. The largest absolute Gasteiger partial charge is 0.341 e. The molecule has 0 aliphatic rings. The zero-order valence-electron chi connectivity index (χ0n) is 11.7. The number of nitrogens with zero attached hydrogens (tertiary/aromatic N) is 1. The average molecular weight is 228 g/mol. The number of rotatable bonds is 5. The quantitative estimate of drug-likeness (QED) is 0.785. The van der Waals surface area contributed by atoms with Crippen molar-refractivity contribution < 1.29 is 4.79 Å². The summed E-state index contributed by atoms with van der Waals surface area (Å²) < 4.78 is 0. The molecule has 1 atom stereocenters. The van der Waals surface area contributed by atoms with Gasteiger partial charge >= 0.3 is 0 Å². The van der Waals surface area contributed by atoms with Crippen LogP contribution in [0.4, 0.5) is 0 Å². The summed E-state index contributed by atoms with van der Waals surface area (Å²) in [5, 5.41) is 0. The summed E-state index contributed by atoms with van der Waals surface area (Å²) in [7, 11) is 0. The SMILES string of the molecule is CCN(C(=O)CC(N)CC(C)(C)C)C(C)C. The molecule has 0 saturated carbocycles. The summed E-state index contributed by atoms with van der Waals surface area (Å²) in [6.45, 7) is 13.3. The Labute approximate surface area is 100 Å². The fraction of sp³-hybridized carbons (Fsp3) is 0.923. The van der Waals surface area contributed by atoms with Gasteiger partial charge in [-0.15, -0.1) is 0 Å². The molecule has 0 fully saturated rings. The van der Waals surface area contributed by atoms with Gasteiger partial charge in [0.25, 0.3) is 0 Å². The lowest BCUT2D eigenvalue weighted by Gasteiger charge is -2.28. The molecule has 3 heteroatoms. The molecule has 0 heterocycles. The lowest BCUT2D eigenvalue weighted by atomic mass is 9.87. The highest BCUT2D eigenvalue weighted by molar-refractivity contribution is 5.77. The first-order valence-electron chi connectivity index (χ1n) is 6.22. The van der Waals surface area contributed by atoms with Gasteiger partial charge in [0.05, 0.1) is 0 Å². The summed E-state index contributed by atoms with van der Waals surface area (Å²) in [6, 6.07) is 0.236. The van der Waals surface area contributed by atoms with Gasteiger partial charge < -0.3 is 10.6 Å². The Morgan fingerprint density at radius 2 is 1.81 bits per heavy atom. The van der Waals surface area contributed by atoms with E-state index < -0.39 is 0 Å². The van der Waals surface area contributed by atoms with Crippen LogP contribution in [0.5, 0.6) is 0 Å². The van der Waals surface area contributed by atoms with E-state index in [2.05, 4.69) is 20.8 Å². The van der Waals surface area contributed by atoms with Gasteiger partial charge in [0, 0.05) is 25.0 Å². The molecule has 0 aliphatic carbocycles. The standard InChI is InChI=1S/C13H28N2O/c1-7-15(10(2)3)12(16)8-11(14)9-13(4,5)6/h10-11H,7-9,14H2,1-6H3. The number of carbonyl (C=O) groups is 1. The predicted octanol–water partition coefficient (Wildman–Crippen LogP) is 2.40. The number of nitrogens with two attached hydrogens (primary N) is 1. The van der Waals surface area contributed by atoms with Crippen molar-refractivity contribution in [2.24, 2.45) is 11.1 Å². The van der Waals surface area contributed by atoms with Crippen molar-refractivity contribution in [1.29, 1.82) is 0 Å². The monoisotopic (exact) mass is 228 g/mol. The van der Waals surface area contributed by atoms with Gasteiger partial charge in [-0.1, -0.05) is 20.8 Å². The topological polar surface area (TPSA) is 46.3 Å². The number of carbonyl (C=O) groups excluding carboxylic acids is 1. The molecule has 0 rings (SSSR count). The van der Waals surface area contributed by atoms with Crippen LogP contribution >= 0.6 is 0 Å². The van der Waals surface area contributed by atoms with Crippen LogP contribution in [0.3, 0.4) is 0 Å². The summed E-state index contributed by atoms with van der Waals surface area (Å²) in [4.78, 5) is 13.8. The highest BCUT2D eigenvalue weighted by Crippen LogP contribution is 2.21. The number of hydrogen-bond acceptors (Lipinski definition) is 2. The van der Waals surface area contributed by atoms with Crippen LogP contribution in [-0.2, 0) is 4.79 Å². The van der Waals surface area contributed by atoms with E-state index >= 15 is 0 Å². The maximum Gasteiger partial charge on any atom is 0.224 e. The fourth-order valence-electron chi connectivity index (χ4n) is 2.03. The molecule has 0 spiro atoms. The van der Waals surface area contributed by atoms with Crippen molar-refractivity contribution in [3.63, 3.8) is 0 Å². The maximum absolute atomic E-state index is 12.0. The van der Waals surface area contributed by atoms with Gasteiger partial charge in [-0.2, -0.15) is 0 Å². The lowest BCUT2D eigenvalue weighted by molar-refractivity contribution is -0.133. The fourth-order valence-corrected chi connectivity index (χ4v) is 2.03. The van der Waals surface area contributed by atoms with Crippen LogP contribution in [-0.4, -0.2) is 29.4 Å². The van der Waals surface area contributed by atoms with Crippen LogP contribution in [0.25, 0.3) is 0 Å².